The molecular formula is C20H13F7N4. The van der Waals surface area contributed by atoms with Gasteiger partial charge >= 0.3 is 18.1 Å². The van der Waals surface area contributed by atoms with Crippen LogP contribution in [0.3, 0.4) is 0 Å². The second-order valence-corrected chi connectivity index (χ2v) is 6.55. The highest BCUT2D eigenvalue weighted by Gasteiger charge is 2.73. The lowest BCUT2D eigenvalue weighted by molar-refractivity contribution is -0.361. The van der Waals surface area contributed by atoms with E-state index in [2.05, 4.69) is 5.10 Å². The van der Waals surface area contributed by atoms with Crippen LogP contribution >= 0.6 is 0 Å². The molecule has 0 aliphatic rings. The van der Waals surface area contributed by atoms with Gasteiger partial charge in [-0.15, -0.1) is 0 Å². The first kappa shape index (κ1) is 22.1. The fourth-order valence-corrected chi connectivity index (χ4v) is 2.82. The molecule has 0 aliphatic carbocycles. The molecule has 0 fully saturated rings. The Kier molecular flexibility index (Phi) is 5.67. The first-order valence-corrected chi connectivity index (χ1v) is 8.66. The Labute approximate surface area is 171 Å². The lowest BCUT2D eigenvalue weighted by Crippen LogP contribution is -2.58. The number of halogens is 7. The third-order valence-corrected chi connectivity index (χ3v) is 4.41. The Balaban J connectivity index is 1.87. The third-order valence-electron chi connectivity index (χ3n) is 4.41. The number of alkyl halides is 7. The summed E-state index contributed by atoms with van der Waals surface area (Å²) in [4.78, 5) is 0. The van der Waals surface area contributed by atoms with Gasteiger partial charge in [-0.25, -0.2) is 5.43 Å². The molecule has 0 amide bonds. The molecule has 0 unspecified atom stereocenters. The van der Waals surface area contributed by atoms with Crippen LogP contribution in [0.5, 0.6) is 0 Å². The molecule has 2 aromatic carbocycles. The fraction of sp³-hybridized carbons (Fsp3) is 0.200. The maximum Gasteiger partial charge on any atom is 0.462 e. The van der Waals surface area contributed by atoms with E-state index in [-0.39, 0.29) is 5.56 Å². The minimum atomic E-state index is -6.45. The topological polar surface area (TPSA) is 53.1 Å². The number of rotatable bonds is 6. The smallest absolute Gasteiger partial charge is 0.342 e. The van der Waals surface area contributed by atoms with E-state index in [4.69, 9.17) is 5.26 Å². The number of fused-ring (bicyclic) bond motifs is 1. The van der Waals surface area contributed by atoms with Crippen LogP contribution in [0.25, 0.3) is 10.9 Å². The summed E-state index contributed by atoms with van der Waals surface area (Å²) in [6, 6.07) is 9.75. The van der Waals surface area contributed by atoms with E-state index in [0.29, 0.717) is 28.4 Å². The number of nitriles is 1. The Morgan fingerprint density at radius 2 is 1.61 bits per heavy atom. The highest BCUT2D eigenvalue weighted by molar-refractivity contribution is 5.99. The Hall–Kier alpha value is -3.55. The number of hydrogen-bond donors (Lipinski definition) is 1. The van der Waals surface area contributed by atoms with Gasteiger partial charge in [-0.05, 0) is 23.8 Å². The predicted molar refractivity (Wildman–Crippen MR) is 98.9 cm³/mol. The van der Waals surface area contributed by atoms with Gasteiger partial charge in [0, 0.05) is 29.2 Å². The molecule has 31 heavy (non-hydrogen) atoms. The van der Waals surface area contributed by atoms with Crippen LogP contribution in [0, 0.1) is 11.3 Å². The molecule has 0 atom stereocenters. The predicted octanol–water partition coefficient (Wildman–Crippen LogP) is 5.28. The van der Waals surface area contributed by atoms with Gasteiger partial charge in [0.25, 0.3) is 0 Å². The number of nitrogens with one attached hydrogen (secondary N) is 1. The van der Waals surface area contributed by atoms with E-state index in [1.807, 2.05) is 6.07 Å². The maximum atomic E-state index is 13.3. The summed E-state index contributed by atoms with van der Waals surface area (Å²) >= 11 is 0. The van der Waals surface area contributed by atoms with Gasteiger partial charge in [0.1, 0.15) is 0 Å². The van der Waals surface area contributed by atoms with Crippen molar-refractivity contribution in [3.8, 4) is 6.07 Å². The second kappa shape index (κ2) is 7.94. The van der Waals surface area contributed by atoms with Crippen LogP contribution in [0.1, 0.15) is 16.7 Å². The summed E-state index contributed by atoms with van der Waals surface area (Å²) in [7, 11) is 0. The van der Waals surface area contributed by atoms with Crippen LogP contribution in [0.4, 0.5) is 30.7 Å². The Bertz CT molecular complexity index is 1140. The van der Waals surface area contributed by atoms with Crippen LogP contribution < -0.4 is 5.43 Å². The molecule has 11 heteroatoms. The van der Waals surface area contributed by atoms with Crippen molar-refractivity contribution in [1.29, 1.82) is 5.26 Å². The average Bonchev–Trinajstić information content (AvgIpc) is 3.05. The summed E-state index contributed by atoms with van der Waals surface area (Å²) < 4.78 is 90.9. The van der Waals surface area contributed by atoms with E-state index in [9.17, 15) is 30.7 Å². The van der Waals surface area contributed by atoms with E-state index in [0.717, 1.165) is 11.8 Å². The largest absolute Gasteiger partial charge is 0.462 e. The van der Waals surface area contributed by atoms with Crippen LogP contribution in [0.2, 0.25) is 0 Å². The number of hydrazone groups is 1. The van der Waals surface area contributed by atoms with Gasteiger partial charge in [-0.3, -0.25) is 0 Å². The second-order valence-electron chi connectivity index (χ2n) is 6.55. The summed E-state index contributed by atoms with van der Waals surface area (Å²) in [5.41, 5.74) is 2.78. The number of nitrogens with zero attached hydrogens (tertiary/aromatic N) is 3. The zero-order chi connectivity index (χ0) is 22.9. The molecule has 0 radical (unpaired) electrons. The van der Waals surface area contributed by atoms with Crippen molar-refractivity contribution in [2.75, 3.05) is 0 Å². The summed E-state index contributed by atoms with van der Waals surface area (Å²) in [5, 5.41) is 12.3. The van der Waals surface area contributed by atoms with E-state index < -0.39 is 18.1 Å². The quantitative estimate of drug-likeness (QED) is 0.245. The van der Waals surface area contributed by atoms with E-state index in [1.165, 1.54) is 6.20 Å². The molecule has 162 valence electrons. The minimum absolute atomic E-state index is 0.225. The van der Waals surface area contributed by atoms with Gasteiger partial charge in [-0.2, -0.15) is 41.1 Å². The molecule has 3 rings (SSSR count). The molecule has 0 saturated carbocycles. The average molecular weight is 442 g/mol. The SMILES string of the molecule is N#Cc1ccc(Cn2cc(/C=N\NC(F)(F)C(F)(F)C(F)(F)F)c3ccccc32)cc1. The lowest BCUT2D eigenvalue weighted by atomic mass is 10.1. The minimum Gasteiger partial charge on any atom is -0.342 e. The van der Waals surface area contributed by atoms with Gasteiger partial charge < -0.3 is 4.57 Å². The zero-order valence-corrected chi connectivity index (χ0v) is 15.5. The van der Waals surface area contributed by atoms with Crippen molar-refractivity contribution in [1.82, 2.24) is 9.99 Å². The first-order valence-electron chi connectivity index (χ1n) is 8.66. The Morgan fingerprint density at radius 1 is 0.968 bits per heavy atom. The van der Waals surface area contributed by atoms with Gasteiger partial charge in [-0.1, -0.05) is 30.3 Å². The van der Waals surface area contributed by atoms with Crippen molar-refractivity contribution in [2.45, 2.75) is 24.7 Å². The van der Waals surface area contributed by atoms with Gasteiger partial charge in [0.05, 0.1) is 17.8 Å². The number of para-hydroxylation sites is 1. The van der Waals surface area contributed by atoms with Crippen molar-refractivity contribution in [3.63, 3.8) is 0 Å². The lowest BCUT2D eigenvalue weighted by Gasteiger charge is -2.27. The van der Waals surface area contributed by atoms with Crippen molar-refractivity contribution >= 4 is 17.1 Å². The molecule has 0 aliphatic heterocycles. The van der Waals surface area contributed by atoms with Crippen molar-refractivity contribution < 1.29 is 30.7 Å². The monoisotopic (exact) mass is 442 g/mol. The fourth-order valence-electron chi connectivity index (χ4n) is 2.82. The molecular weight excluding hydrogens is 429 g/mol. The van der Waals surface area contributed by atoms with Crippen LogP contribution in [-0.4, -0.2) is 28.9 Å². The van der Waals surface area contributed by atoms with Crippen molar-refractivity contribution in [3.05, 3.63) is 71.4 Å². The van der Waals surface area contributed by atoms with Crippen LogP contribution in [-0.2, 0) is 6.54 Å². The molecule has 0 spiro atoms. The maximum absolute atomic E-state index is 13.3. The van der Waals surface area contributed by atoms with E-state index >= 15 is 0 Å². The van der Waals surface area contributed by atoms with Gasteiger partial charge in [0.15, 0.2) is 0 Å². The van der Waals surface area contributed by atoms with Crippen molar-refractivity contribution in [2.24, 2.45) is 5.10 Å². The highest BCUT2D eigenvalue weighted by atomic mass is 19.4. The summed E-state index contributed by atoms with van der Waals surface area (Å²) in [6.07, 6.45) is -4.21. The molecule has 3 aromatic rings. The zero-order valence-electron chi connectivity index (χ0n) is 15.5. The Morgan fingerprint density at radius 3 is 2.23 bits per heavy atom. The standard InChI is InChI=1S/C20H13F7N4/c21-18(22,19(23,24)25)20(26,27)30-29-10-15-12-31(17-4-2-1-3-16(15)17)11-14-7-5-13(9-28)6-8-14/h1-8,10,12,30H,11H2/b29-10-. The normalized spacial score (nSPS) is 13.0. The first-order chi connectivity index (χ1) is 14.5. The summed E-state index contributed by atoms with van der Waals surface area (Å²) in [6.45, 7) is 0.329. The molecule has 1 aromatic heterocycles. The summed E-state index contributed by atoms with van der Waals surface area (Å²) in [5.74, 6) is -6.30. The molecule has 0 saturated heterocycles. The molecule has 0 bridgehead atoms. The highest BCUT2D eigenvalue weighted by Crippen LogP contribution is 2.45. The van der Waals surface area contributed by atoms with E-state index in [1.54, 1.807) is 53.1 Å². The molecule has 1 N–H and O–H groups in total. The molecule has 4 nitrogen and oxygen atoms in total. The number of aromatic nitrogens is 1. The third kappa shape index (κ3) is 4.33. The number of hydrogen-bond acceptors (Lipinski definition) is 3. The number of benzene rings is 2. The van der Waals surface area contributed by atoms with Crippen LogP contribution in [0.15, 0.2) is 59.8 Å². The molecule has 1 heterocycles. The van der Waals surface area contributed by atoms with Gasteiger partial charge in [0.2, 0.25) is 0 Å².